The molecule has 0 fully saturated rings. The predicted octanol–water partition coefficient (Wildman–Crippen LogP) is 2.93. The molecule has 0 aliphatic rings. The van der Waals surface area contributed by atoms with Gasteiger partial charge in [0.1, 0.15) is 5.38 Å². The fourth-order valence-corrected chi connectivity index (χ4v) is 2.89. The highest BCUT2D eigenvalue weighted by atomic mass is 79.9. The molecule has 0 aliphatic carbocycles. The maximum atomic E-state index is 11.3. The summed E-state index contributed by atoms with van der Waals surface area (Å²) in [4.78, 5) is 11.3. The molecule has 1 N–H and O–H groups in total. The number of rotatable bonds is 3. The lowest BCUT2D eigenvalue weighted by Crippen LogP contribution is -2.26. The van der Waals surface area contributed by atoms with Gasteiger partial charge in [0.05, 0.1) is 0 Å². The lowest BCUT2D eigenvalue weighted by Gasteiger charge is -2.07. The first-order valence-corrected chi connectivity index (χ1v) is 5.97. The van der Waals surface area contributed by atoms with E-state index in [1.54, 1.807) is 0 Å². The number of thiophene rings is 1. The lowest BCUT2D eigenvalue weighted by molar-refractivity contribution is -0.120. The van der Waals surface area contributed by atoms with Gasteiger partial charge in [-0.3, -0.25) is 4.79 Å². The summed E-state index contributed by atoms with van der Waals surface area (Å²) in [6.07, 6.45) is 0. The Labute approximate surface area is 94.4 Å². The fourth-order valence-electron chi connectivity index (χ4n) is 0.877. The number of halogens is 2. The Morgan fingerprint density at radius 2 is 2.46 bits per heavy atom. The minimum atomic E-state index is -0.597. The molecule has 1 heterocycles. The van der Waals surface area contributed by atoms with E-state index in [1.165, 1.54) is 11.3 Å². The van der Waals surface area contributed by atoms with Crippen LogP contribution in [0, 0.1) is 0 Å². The number of alkyl halides is 1. The molecule has 2 nitrogen and oxygen atoms in total. The van der Waals surface area contributed by atoms with Gasteiger partial charge in [0.15, 0.2) is 0 Å². The van der Waals surface area contributed by atoms with E-state index in [0.29, 0.717) is 6.54 Å². The highest BCUT2D eigenvalue weighted by Crippen LogP contribution is 2.31. The van der Waals surface area contributed by atoms with Crippen molar-refractivity contribution in [3.8, 4) is 0 Å². The summed E-state index contributed by atoms with van der Waals surface area (Å²) < 4.78 is 0.892. The summed E-state index contributed by atoms with van der Waals surface area (Å²) >= 11 is 10.8. The summed E-state index contributed by atoms with van der Waals surface area (Å²) in [5, 5.41) is 5.86. The molecule has 0 saturated carbocycles. The average Bonchev–Trinajstić information content (AvgIpc) is 2.50. The van der Waals surface area contributed by atoms with E-state index >= 15 is 0 Å². The number of amides is 1. The molecule has 1 rings (SSSR count). The first kappa shape index (κ1) is 11.0. The van der Waals surface area contributed by atoms with Crippen molar-refractivity contribution in [2.45, 2.75) is 12.3 Å². The van der Waals surface area contributed by atoms with Crippen molar-refractivity contribution in [2.75, 3.05) is 6.54 Å². The minimum absolute atomic E-state index is 0.150. The van der Waals surface area contributed by atoms with Crippen molar-refractivity contribution in [3.05, 3.63) is 20.8 Å². The first-order valence-electron chi connectivity index (χ1n) is 3.80. The minimum Gasteiger partial charge on any atom is -0.355 e. The van der Waals surface area contributed by atoms with Crippen LogP contribution in [0.3, 0.4) is 0 Å². The Morgan fingerprint density at radius 3 is 2.92 bits per heavy atom. The molecule has 72 valence electrons. The van der Waals surface area contributed by atoms with Gasteiger partial charge in [-0.1, -0.05) is 0 Å². The molecule has 0 spiro atoms. The van der Waals surface area contributed by atoms with E-state index in [9.17, 15) is 4.79 Å². The van der Waals surface area contributed by atoms with Gasteiger partial charge in [0.25, 0.3) is 0 Å². The first-order chi connectivity index (χ1) is 6.16. The Bertz CT molecular complexity index is 302. The molecule has 0 radical (unpaired) electrons. The summed E-state index contributed by atoms with van der Waals surface area (Å²) in [6.45, 7) is 2.47. The summed E-state index contributed by atoms with van der Waals surface area (Å²) in [5.41, 5.74) is 0.831. The van der Waals surface area contributed by atoms with E-state index in [4.69, 9.17) is 11.6 Å². The van der Waals surface area contributed by atoms with Gasteiger partial charge in [-0.15, -0.1) is 11.6 Å². The Balaban J connectivity index is 2.73. The van der Waals surface area contributed by atoms with E-state index < -0.39 is 5.38 Å². The third-order valence-corrected chi connectivity index (χ3v) is 3.68. The standard InChI is InChI=1S/C8H9BrClNOS/c1-2-11-8(12)7(10)5-3-13-4-6(5)9/h3-4,7H,2H2,1H3,(H,11,12). The smallest absolute Gasteiger partial charge is 0.242 e. The van der Waals surface area contributed by atoms with Gasteiger partial charge in [-0.25, -0.2) is 0 Å². The van der Waals surface area contributed by atoms with Crippen molar-refractivity contribution in [2.24, 2.45) is 0 Å². The maximum Gasteiger partial charge on any atom is 0.242 e. The molecule has 0 aromatic carbocycles. The molecule has 1 unspecified atom stereocenters. The zero-order valence-electron chi connectivity index (χ0n) is 7.01. The maximum absolute atomic E-state index is 11.3. The molecule has 1 aromatic heterocycles. The molecule has 0 aliphatic heterocycles. The van der Waals surface area contributed by atoms with Crippen LogP contribution < -0.4 is 5.32 Å². The lowest BCUT2D eigenvalue weighted by atomic mass is 10.2. The number of carbonyl (C=O) groups excluding carboxylic acids is 1. The van der Waals surface area contributed by atoms with E-state index in [1.807, 2.05) is 17.7 Å². The number of likely N-dealkylation sites (N-methyl/N-ethyl adjacent to an activating group) is 1. The van der Waals surface area contributed by atoms with Crippen LogP contribution in [-0.2, 0) is 4.79 Å². The van der Waals surface area contributed by atoms with E-state index in [-0.39, 0.29) is 5.91 Å². The van der Waals surface area contributed by atoms with Crippen molar-refractivity contribution in [1.82, 2.24) is 5.32 Å². The Kier molecular flexibility index (Phi) is 4.22. The topological polar surface area (TPSA) is 29.1 Å². The summed E-state index contributed by atoms with van der Waals surface area (Å²) in [6, 6.07) is 0. The SMILES string of the molecule is CCNC(=O)C(Cl)c1cscc1Br. The molecular formula is C8H9BrClNOS. The zero-order chi connectivity index (χ0) is 9.84. The van der Waals surface area contributed by atoms with Gasteiger partial charge in [-0.05, 0) is 28.2 Å². The highest BCUT2D eigenvalue weighted by Gasteiger charge is 2.19. The third kappa shape index (κ3) is 2.69. The molecule has 0 saturated heterocycles. The summed E-state index contributed by atoms with van der Waals surface area (Å²) in [7, 11) is 0. The number of hydrogen-bond acceptors (Lipinski definition) is 2. The third-order valence-electron chi connectivity index (χ3n) is 1.50. The highest BCUT2D eigenvalue weighted by molar-refractivity contribution is 9.10. The predicted molar refractivity (Wildman–Crippen MR) is 59.3 cm³/mol. The van der Waals surface area contributed by atoms with Gasteiger partial charge in [0, 0.05) is 22.0 Å². The van der Waals surface area contributed by atoms with Crippen molar-refractivity contribution >= 4 is 44.8 Å². The van der Waals surface area contributed by atoms with Crippen LogP contribution in [0.1, 0.15) is 17.9 Å². The fraction of sp³-hybridized carbons (Fsp3) is 0.375. The van der Waals surface area contributed by atoms with Crippen molar-refractivity contribution in [1.29, 1.82) is 0 Å². The quantitative estimate of drug-likeness (QED) is 0.849. The molecule has 13 heavy (non-hydrogen) atoms. The van der Waals surface area contributed by atoms with Crippen LogP contribution >= 0.6 is 38.9 Å². The molecule has 5 heteroatoms. The molecule has 1 aromatic rings. The molecule has 1 atom stereocenters. The second-order valence-corrected chi connectivity index (χ2v) is 4.47. The van der Waals surface area contributed by atoms with E-state index in [2.05, 4.69) is 21.2 Å². The van der Waals surface area contributed by atoms with Gasteiger partial charge < -0.3 is 5.32 Å². The molecule has 1 amide bonds. The summed E-state index contributed by atoms with van der Waals surface area (Å²) in [5.74, 6) is -0.150. The van der Waals surface area contributed by atoms with Crippen LogP contribution in [0.25, 0.3) is 0 Å². The van der Waals surface area contributed by atoms with Crippen LogP contribution in [0.4, 0.5) is 0 Å². The second kappa shape index (κ2) is 4.98. The van der Waals surface area contributed by atoms with E-state index in [0.717, 1.165) is 10.0 Å². The molecule has 0 bridgehead atoms. The number of nitrogens with one attached hydrogen (secondary N) is 1. The monoisotopic (exact) mass is 281 g/mol. The van der Waals surface area contributed by atoms with Crippen molar-refractivity contribution < 1.29 is 4.79 Å². The number of hydrogen-bond donors (Lipinski definition) is 1. The normalized spacial score (nSPS) is 12.5. The van der Waals surface area contributed by atoms with Crippen LogP contribution in [0.2, 0.25) is 0 Å². The Morgan fingerprint density at radius 1 is 1.77 bits per heavy atom. The Hall–Kier alpha value is -0.0600. The van der Waals surface area contributed by atoms with Crippen LogP contribution in [0.5, 0.6) is 0 Å². The van der Waals surface area contributed by atoms with Crippen LogP contribution in [-0.4, -0.2) is 12.5 Å². The van der Waals surface area contributed by atoms with Crippen LogP contribution in [0.15, 0.2) is 15.2 Å². The van der Waals surface area contributed by atoms with Gasteiger partial charge >= 0.3 is 0 Å². The van der Waals surface area contributed by atoms with Crippen molar-refractivity contribution in [3.63, 3.8) is 0 Å². The largest absolute Gasteiger partial charge is 0.355 e. The average molecular weight is 283 g/mol. The van der Waals surface area contributed by atoms with Gasteiger partial charge in [-0.2, -0.15) is 11.3 Å². The molecular weight excluding hydrogens is 274 g/mol. The van der Waals surface area contributed by atoms with Gasteiger partial charge in [0.2, 0.25) is 5.91 Å². The number of carbonyl (C=O) groups is 1. The second-order valence-electron chi connectivity index (χ2n) is 2.43. The zero-order valence-corrected chi connectivity index (χ0v) is 10.2.